The highest BCUT2D eigenvalue weighted by atomic mass is 16.5. The smallest absolute Gasteiger partial charge is 0.119 e. The van der Waals surface area contributed by atoms with E-state index in [1.165, 1.54) is 0 Å². The Kier molecular flexibility index (Phi) is 3.05. The first-order chi connectivity index (χ1) is 7.38. The van der Waals surface area contributed by atoms with Gasteiger partial charge in [0.15, 0.2) is 0 Å². The second-order valence-corrected chi connectivity index (χ2v) is 3.27. The van der Waals surface area contributed by atoms with Crippen molar-refractivity contribution in [3.05, 3.63) is 54.0 Å². The zero-order valence-corrected chi connectivity index (χ0v) is 8.35. The van der Waals surface area contributed by atoms with E-state index in [9.17, 15) is 0 Å². The van der Waals surface area contributed by atoms with Gasteiger partial charge in [0.1, 0.15) is 12.4 Å². The van der Waals surface area contributed by atoms with Gasteiger partial charge in [-0.1, -0.05) is 12.1 Å². The van der Waals surface area contributed by atoms with Crippen LogP contribution in [0, 0.1) is 0 Å². The molecule has 0 bridgehead atoms. The Morgan fingerprint density at radius 1 is 1.07 bits per heavy atom. The van der Waals surface area contributed by atoms with Crippen LogP contribution in [-0.4, -0.2) is 0 Å². The molecule has 0 fully saturated rings. The van der Waals surface area contributed by atoms with Crippen LogP contribution in [0.25, 0.3) is 0 Å². The van der Waals surface area contributed by atoms with Gasteiger partial charge in [0, 0.05) is 12.1 Å². The first-order valence-electron chi connectivity index (χ1n) is 4.81. The highest BCUT2D eigenvalue weighted by Crippen LogP contribution is 2.13. The molecule has 0 amide bonds. The van der Waals surface area contributed by atoms with Gasteiger partial charge in [-0.3, -0.25) is 0 Å². The topological polar surface area (TPSA) is 48.4 Å². The monoisotopic (exact) mass is 203 g/mol. The minimum Gasteiger partial charge on any atom is -0.489 e. The Hall–Kier alpha value is -1.74. The molecule has 0 saturated carbocycles. The fourth-order valence-corrected chi connectivity index (χ4v) is 1.26. The summed E-state index contributed by atoms with van der Waals surface area (Å²) in [5.41, 5.74) is 7.63. The summed E-state index contributed by atoms with van der Waals surface area (Å²) in [7, 11) is 0. The molecule has 0 aliphatic rings. The molecule has 3 nitrogen and oxygen atoms in total. The second kappa shape index (κ2) is 4.66. The van der Waals surface area contributed by atoms with E-state index >= 15 is 0 Å². The molecule has 1 heterocycles. The van der Waals surface area contributed by atoms with Crippen molar-refractivity contribution in [2.45, 2.75) is 13.2 Å². The highest BCUT2D eigenvalue weighted by molar-refractivity contribution is 5.27. The maximum absolute atomic E-state index is 5.55. The first-order valence-corrected chi connectivity index (χ1v) is 4.81. The first kappa shape index (κ1) is 9.80. The van der Waals surface area contributed by atoms with E-state index in [1.54, 1.807) is 12.5 Å². The van der Waals surface area contributed by atoms with Crippen molar-refractivity contribution in [3.8, 4) is 5.75 Å². The van der Waals surface area contributed by atoms with Gasteiger partial charge in [-0.25, -0.2) is 0 Å². The van der Waals surface area contributed by atoms with Crippen molar-refractivity contribution in [2.75, 3.05) is 0 Å². The molecular formula is C12H13NO2. The Morgan fingerprint density at radius 2 is 1.87 bits per heavy atom. The number of hydrogen-bond acceptors (Lipinski definition) is 3. The van der Waals surface area contributed by atoms with Crippen LogP contribution in [0.15, 0.2) is 47.3 Å². The summed E-state index contributed by atoms with van der Waals surface area (Å²) in [4.78, 5) is 0. The molecule has 0 saturated heterocycles. The largest absolute Gasteiger partial charge is 0.489 e. The molecule has 1 aromatic carbocycles. The molecule has 3 heteroatoms. The number of benzene rings is 1. The zero-order valence-electron chi connectivity index (χ0n) is 8.35. The Morgan fingerprint density at radius 3 is 2.47 bits per heavy atom. The van der Waals surface area contributed by atoms with Crippen molar-refractivity contribution >= 4 is 0 Å². The number of ether oxygens (including phenoxy) is 1. The average molecular weight is 203 g/mol. The summed E-state index contributed by atoms with van der Waals surface area (Å²) in [6, 6.07) is 9.65. The number of rotatable bonds is 4. The lowest BCUT2D eigenvalue weighted by Crippen LogP contribution is -1.97. The van der Waals surface area contributed by atoms with E-state index in [-0.39, 0.29) is 0 Å². The minimum atomic E-state index is 0.526. The van der Waals surface area contributed by atoms with Crippen LogP contribution in [0.1, 0.15) is 11.1 Å². The lowest BCUT2D eigenvalue weighted by atomic mass is 10.2. The molecule has 0 aliphatic carbocycles. The summed E-state index contributed by atoms with van der Waals surface area (Å²) in [6.07, 6.45) is 3.31. The van der Waals surface area contributed by atoms with Crippen LogP contribution in [-0.2, 0) is 13.2 Å². The third-order valence-corrected chi connectivity index (χ3v) is 2.14. The molecule has 78 valence electrons. The van der Waals surface area contributed by atoms with Gasteiger partial charge in [-0.05, 0) is 23.8 Å². The Balaban J connectivity index is 1.93. The third-order valence-electron chi connectivity index (χ3n) is 2.14. The average Bonchev–Trinajstić information content (AvgIpc) is 2.80. The van der Waals surface area contributed by atoms with Crippen molar-refractivity contribution in [2.24, 2.45) is 5.73 Å². The quantitative estimate of drug-likeness (QED) is 0.829. The number of nitrogens with two attached hydrogens (primary N) is 1. The van der Waals surface area contributed by atoms with Crippen molar-refractivity contribution in [1.82, 2.24) is 0 Å². The van der Waals surface area contributed by atoms with E-state index in [1.807, 2.05) is 30.3 Å². The van der Waals surface area contributed by atoms with Gasteiger partial charge >= 0.3 is 0 Å². The lowest BCUT2D eigenvalue weighted by molar-refractivity contribution is 0.304. The molecule has 0 spiro atoms. The van der Waals surface area contributed by atoms with Crippen LogP contribution in [0.2, 0.25) is 0 Å². The Bertz CT molecular complexity index is 392. The van der Waals surface area contributed by atoms with E-state index in [4.69, 9.17) is 14.9 Å². The molecule has 2 N–H and O–H groups in total. The third kappa shape index (κ3) is 2.60. The van der Waals surface area contributed by atoms with Gasteiger partial charge in [-0.15, -0.1) is 0 Å². The van der Waals surface area contributed by atoms with Crippen molar-refractivity contribution in [3.63, 3.8) is 0 Å². The predicted molar refractivity (Wildman–Crippen MR) is 57.4 cm³/mol. The second-order valence-electron chi connectivity index (χ2n) is 3.27. The normalized spacial score (nSPS) is 10.2. The summed E-state index contributed by atoms with van der Waals surface area (Å²) in [5.74, 6) is 0.841. The van der Waals surface area contributed by atoms with Gasteiger partial charge < -0.3 is 14.9 Å². The maximum atomic E-state index is 5.55. The van der Waals surface area contributed by atoms with E-state index in [0.29, 0.717) is 13.2 Å². The van der Waals surface area contributed by atoms with E-state index in [2.05, 4.69) is 0 Å². The highest BCUT2D eigenvalue weighted by Gasteiger charge is 1.97. The standard InChI is InChI=1S/C12H13NO2/c13-7-10-1-3-12(4-2-10)15-9-11-5-6-14-8-11/h1-6,8H,7,9,13H2. The van der Waals surface area contributed by atoms with Gasteiger partial charge in [0.2, 0.25) is 0 Å². The predicted octanol–water partition coefficient (Wildman–Crippen LogP) is 2.32. The summed E-state index contributed by atoms with van der Waals surface area (Å²) in [6.45, 7) is 1.08. The van der Waals surface area contributed by atoms with Crippen LogP contribution in [0.5, 0.6) is 5.75 Å². The molecule has 1 aromatic heterocycles. The zero-order chi connectivity index (χ0) is 10.5. The molecular weight excluding hydrogens is 190 g/mol. The minimum absolute atomic E-state index is 0.526. The van der Waals surface area contributed by atoms with Crippen LogP contribution >= 0.6 is 0 Å². The molecule has 0 aliphatic heterocycles. The van der Waals surface area contributed by atoms with Crippen LogP contribution in [0.3, 0.4) is 0 Å². The molecule has 2 rings (SSSR count). The van der Waals surface area contributed by atoms with Crippen LogP contribution < -0.4 is 10.5 Å². The van der Waals surface area contributed by atoms with Gasteiger partial charge in [0.25, 0.3) is 0 Å². The van der Waals surface area contributed by atoms with Crippen LogP contribution in [0.4, 0.5) is 0 Å². The summed E-state index contributed by atoms with van der Waals surface area (Å²) < 4.78 is 10.5. The van der Waals surface area contributed by atoms with Crippen molar-refractivity contribution < 1.29 is 9.15 Å². The molecule has 0 unspecified atom stereocenters. The van der Waals surface area contributed by atoms with Crippen molar-refractivity contribution in [1.29, 1.82) is 0 Å². The summed E-state index contributed by atoms with van der Waals surface area (Å²) in [5, 5.41) is 0. The maximum Gasteiger partial charge on any atom is 0.119 e. The van der Waals surface area contributed by atoms with Gasteiger partial charge in [0.05, 0.1) is 12.5 Å². The number of furan rings is 1. The SMILES string of the molecule is NCc1ccc(OCc2ccoc2)cc1. The fraction of sp³-hybridized carbons (Fsp3) is 0.167. The Labute approximate surface area is 88.5 Å². The van der Waals surface area contributed by atoms with E-state index < -0.39 is 0 Å². The van der Waals surface area contributed by atoms with Gasteiger partial charge in [-0.2, -0.15) is 0 Å². The number of hydrogen-bond donors (Lipinski definition) is 1. The van der Waals surface area contributed by atoms with E-state index in [0.717, 1.165) is 16.9 Å². The molecule has 0 radical (unpaired) electrons. The lowest BCUT2D eigenvalue weighted by Gasteiger charge is -2.04. The molecule has 15 heavy (non-hydrogen) atoms. The molecule has 0 atom stereocenters. The summed E-state index contributed by atoms with van der Waals surface area (Å²) >= 11 is 0. The molecule has 2 aromatic rings. The fourth-order valence-electron chi connectivity index (χ4n) is 1.26.